The van der Waals surface area contributed by atoms with Gasteiger partial charge in [0.15, 0.2) is 5.13 Å². The third kappa shape index (κ3) is 3.92. The number of hydrogen-bond acceptors (Lipinski definition) is 5. The number of aromatic nitrogens is 1. The number of carbonyl (C=O) groups is 1. The molecule has 5 nitrogen and oxygen atoms in total. The van der Waals surface area contributed by atoms with Crippen molar-refractivity contribution in [2.45, 2.75) is 13.3 Å². The van der Waals surface area contributed by atoms with Crippen LogP contribution in [-0.4, -0.2) is 17.4 Å². The van der Waals surface area contributed by atoms with E-state index in [1.807, 2.05) is 6.92 Å². The Labute approximate surface area is 133 Å². The van der Waals surface area contributed by atoms with Crippen molar-refractivity contribution in [1.29, 1.82) is 0 Å². The van der Waals surface area contributed by atoms with Gasteiger partial charge in [-0.3, -0.25) is 4.79 Å². The Morgan fingerprint density at radius 3 is 2.95 bits per heavy atom. The van der Waals surface area contributed by atoms with Crippen LogP contribution in [0.2, 0.25) is 0 Å². The number of nitrogens with two attached hydrogens (primary N) is 1. The zero-order valence-corrected chi connectivity index (χ0v) is 13.6. The standard InChI is InChI=1S/C13H14BrFN4OS/c1-2-5-17-13-19-11(16)10(21-13)12(20)18-7-3-4-8(14)9(15)6-7/h3-4,6H,2,5,16H2,1H3,(H,17,19)(H,18,20). The van der Waals surface area contributed by atoms with E-state index in [1.54, 1.807) is 6.07 Å². The second kappa shape index (κ2) is 6.86. The third-order valence-corrected chi connectivity index (χ3v) is 4.23. The summed E-state index contributed by atoms with van der Waals surface area (Å²) in [5.74, 6) is -0.694. The molecular formula is C13H14BrFN4OS. The minimum atomic E-state index is -0.449. The first-order chi connectivity index (χ1) is 10.0. The lowest BCUT2D eigenvalue weighted by molar-refractivity contribution is 0.103. The van der Waals surface area contributed by atoms with Crippen LogP contribution in [0.25, 0.3) is 0 Å². The summed E-state index contributed by atoms with van der Waals surface area (Å²) in [6, 6.07) is 4.35. The summed E-state index contributed by atoms with van der Waals surface area (Å²) in [5, 5.41) is 6.27. The highest BCUT2D eigenvalue weighted by atomic mass is 79.9. The van der Waals surface area contributed by atoms with Crippen LogP contribution in [0.3, 0.4) is 0 Å². The van der Waals surface area contributed by atoms with E-state index < -0.39 is 11.7 Å². The molecule has 8 heteroatoms. The van der Waals surface area contributed by atoms with Gasteiger partial charge in [-0.25, -0.2) is 9.37 Å². The van der Waals surface area contributed by atoms with E-state index >= 15 is 0 Å². The Hall–Kier alpha value is -1.67. The molecule has 1 aromatic carbocycles. The second-order valence-electron chi connectivity index (χ2n) is 4.24. The average Bonchev–Trinajstić information content (AvgIpc) is 2.82. The van der Waals surface area contributed by atoms with Crippen LogP contribution in [0, 0.1) is 5.82 Å². The highest BCUT2D eigenvalue weighted by Gasteiger charge is 2.16. The van der Waals surface area contributed by atoms with Gasteiger partial charge in [0, 0.05) is 12.2 Å². The number of hydrogen-bond donors (Lipinski definition) is 3. The van der Waals surface area contributed by atoms with Crippen LogP contribution in [0.15, 0.2) is 22.7 Å². The zero-order valence-electron chi connectivity index (χ0n) is 11.2. The number of benzene rings is 1. The fourth-order valence-electron chi connectivity index (χ4n) is 1.56. The highest BCUT2D eigenvalue weighted by Crippen LogP contribution is 2.26. The smallest absolute Gasteiger partial charge is 0.269 e. The van der Waals surface area contributed by atoms with E-state index in [0.717, 1.165) is 13.0 Å². The third-order valence-electron chi connectivity index (χ3n) is 2.56. The number of amides is 1. The molecule has 1 aromatic heterocycles. The lowest BCUT2D eigenvalue weighted by Crippen LogP contribution is -2.12. The Balaban J connectivity index is 2.12. The van der Waals surface area contributed by atoms with Gasteiger partial charge in [-0.1, -0.05) is 18.3 Å². The van der Waals surface area contributed by atoms with Gasteiger partial charge in [0.05, 0.1) is 4.47 Å². The number of carbonyl (C=O) groups excluding carboxylic acids is 1. The van der Waals surface area contributed by atoms with E-state index in [4.69, 9.17) is 5.73 Å². The highest BCUT2D eigenvalue weighted by molar-refractivity contribution is 9.10. The van der Waals surface area contributed by atoms with Crippen molar-refractivity contribution < 1.29 is 9.18 Å². The van der Waals surface area contributed by atoms with Gasteiger partial charge in [0.25, 0.3) is 5.91 Å². The van der Waals surface area contributed by atoms with Crippen LogP contribution in [0.4, 0.5) is 21.0 Å². The summed E-state index contributed by atoms with van der Waals surface area (Å²) in [5.41, 5.74) is 6.10. The Morgan fingerprint density at radius 2 is 2.29 bits per heavy atom. The molecule has 1 heterocycles. The predicted octanol–water partition coefficient (Wildman–Crippen LogP) is 3.70. The van der Waals surface area contributed by atoms with Gasteiger partial charge in [0.2, 0.25) is 0 Å². The van der Waals surface area contributed by atoms with Gasteiger partial charge in [-0.2, -0.15) is 0 Å². The molecule has 4 N–H and O–H groups in total. The first-order valence-electron chi connectivity index (χ1n) is 6.27. The minimum Gasteiger partial charge on any atom is -0.382 e. The number of nitrogens with one attached hydrogen (secondary N) is 2. The first kappa shape index (κ1) is 15.7. The molecule has 112 valence electrons. The Bertz CT molecular complexity index is 662. The molecule has 0 fully saturated rings. The summed E-state index contributed by atoms with van der Waals surface area (Å²) in [6.45, 7) is 2.78. The monoisotopic (exact) mass is 372 g/mol. The van der Waals surface area contributed by atoms with Crippen molar-refractivity contribution in [2.75, 3.05) is 22.9 Å². The maximum Gasteiger partial charge on any atom is 0.269 e. The molecule has 0 spiro atoms. The molecule has 2 aromatic rings. The van der Waals surface area contributed by atoms with E-state index in [0.29, 0.717) is 20.2 Å². The van der Waals surface area contributed by atoms with E-state index in [1.165, 1.54) is 23.5 Å². The largest absolute Gasteiger partial charge is 0.382 e. The molecule has 2 rings (SSSR count). The van der Waals surface area contributed by atoms with Crippen LogP contribution in [-0.2, 0) is 0 Å². The number of halogens is 2. The number of nitrogens with zero attached hydrogens (tertiary/aromatic N) is 1. The molecule has 0 aliphatic carbocycles. The maximum absolute atomic E-state index is 13.4. The van der Waals surface area contributed by atoms with Crippen molar-refractivity contribution in [3.63, 3.8) is 0 Å². The maximum atomic E-state index is 13.4. The lowest BCUT2D eigenvalue weighted by Gasteiger charge is -2.04. The Kier molecular flexibility index (Phi) is 5.13. The number of thiazole rings is 1. The first-order valence-corrected chi connectivity index (χ1v) is 7.88. The molecular weight excluding hydrogens is 359 g/mol. The van der Waals surface area contributed by atoms with Gasteiger partial charge >= 0.3 is 0 Å². The van der Waals surface area contributed by atoms with Gasteiger partial charge < -0.3 is 16.4 Å². The molecule has 0 saturated carbocycles. The quantitative estimate of drug-likeness (QED) is 0.747. The van der Waals surface area contributed by atoms with Crippen molar-refractivity contribution in [3.05, 3.63) is 33.4 Å². The fourth-order valence-corrected chi connectivity index (χ4v) is 2.62. The molecule has 0 aliphatic heterocycles. The molecule has 0 radical (unpaired) electrons. The molecule has 21 heavy (non-hydrogen) atoms. The van der Waals surface area contributed by atoms with Crippen LogP contribution < -0.4 is 16.4 Å². The van der Waals surface area contributed by atoms with E-state index in [2.05, 4.69) is 31.5 Å². The SMILES string of the molecule is CCCNc1nc(N)c(C(=O)Nc2ccc(Br)c(F)c2)s1. The fraction of sp³-hybridized carbons (Fsp3) is 0.231. The average molecular weight is 373 g/mol. The number of rotatable bonds is 5. The number of nitrogen functional groups attached to an aromatic ring is 1. The number of anilines is 3. The molecule has 0 aliphatic rings. The van der Waals surface area contributed by atoms with Crippen molar-refractivity contribution in [3.8, 4) is 0 Å². The van der Waals surface area contributed by atoms with Crippen LogP contribution in [0.5, 0.6) is 0 Å². The van der Waals surface area contributed by atoms with Crippen molar-refractivity contribution >= 4 is 49.8 Å². The molecule has 1 amide bonds. The normalized spacial score (nSPS) is 10.4. The predicted molar refractivity (Wildman–Crippen MR) is 87.4 cm³/mol. The second-order valence-corrected chi connectivity index (χ2v) is 6.10. The van der Waals surface area contributed by atoms with Crippen LogP contribution >= 0.6 is 27.3 Å². The summed E-state index contributed by atoms with van der Waals surface area (Å²) < 4.78 is 13.7. The summed E-state index contributed by atoms with van der Waals surface area (Å²) in [6.07, 6.45) is 0.944. The molecule has 0 saturated heterocycles. The summed E-state index contributed by atoms with van der Waals surface area (Å²) in [7, 11) is 0. The van der Waals surface area contributed by atoms with Crippen molar-refractivity contribution in [2.24, 2.45) is 0 Å². The topological polar surface area (TPSA) is 80.0 Å². The van der Waals surface area contributed by atoms with Gasteiger partial charge in [-0.05, 0) is 40.5 Å². The van der Waals surface area contributed by atoms with Gasteiger partial charge in [0.1, 0.15) is 16.5 Å². The lowest BCUT2D eigenvalue weighted by atomic mass is 10.3. The zero-order chi connectivity index (χ0) is 15.4. The summed E-state index contributed by atoms with van der Waals surface area (Å²) >= 11 is 4.23. The molecule has 0 atom stereocenters. The van der Waals surface area contributed by atoms with Gasteiger partial charge in [-0.15, -0.1) is 0 Å². The van der Waals surface area contributed by atoms with Crippen molar-refractivity contribution in [1.82, 2.24) is 4.98 Å². The van der Waals surface area contributed by atoms with E-state index in [9.17, 15) is 9.18 Å². The van der Waals surface area contributed by atoms with E-state index in [-0.39, 0.29) is 5.82 Å². The molecule has 0 unspecified atom stereocenters. The Morgan fingerprint density at radius 1 is 1.52 bits per heavy atom. The van der Waals surface area contributed by atoms with Crippen LogP contribution in [0.1, 0.15) is 23.0 Å². The summed E-state index contributed by atoms with van der Waals surface area (Å²) in [4.78, 5) is 16.5. The minimum absolute atomic E-state index is 0.161. The molecule has 0 bridgehead atoms.